The van der Waals surface area contributed by atoms with E-state index in [-0.39, 0.29) is 28.5 Å². The van der Waals surface area contributed by atoms with E-state index in [4.69, 9.17) is 25.8 Å². The molecule has 1 aliphatic heterocycles. The Morgan fingerprint density at radius 1 is 1.32 bits per heavy atom. The van der Waals surface area contributed by atoms with Gasteiger partial charge < -0.3 is 24.5 Å². The van der Waals surface area contributed by atoms with Crippen molar-refractivity contribution in [3.05, 3.63) is 50.9 Å². The van der Waals surface area contributed by atoms with E-state index >= 15 is 0 Å². The molecule has 0 amide bonds. The Morgan fingerprint density at radius 3 is 2.64 bits per heavy atom. The van der Waals surface area contributed by atoms with E-state index in [1.807, 2.05) is 0 Å². The number of Topliss-reactive ketones (excluding diaryl/α,β-unsaturated/α-hetero) is 1. The molecule has 1 aromatic carbocycles. The Labute approximate surface area is 167 Å². The molecule has 8 heteroatoms. The van der Waals surface area contributed by atoms with Crippen LogP contribution in [0, 0.1) is 18.0 Å². The van der Waals surface area contributed by atoms with Crippen molar-refractivity contribution in [1.82, 2.24) is 0 Å². The Bertz CT molecular complexity index is 1010. The van der Waals surface area contributed by atoms with Crippen LogP contribution in [0.3, 0.4) is 0 Å². The number of hydrogen-bond acceptors (Lipinski definition) is 6. The lowest BCUT2D eigenvalue weighted by Gasteiger charge is -2.40. The molecule has 2 aliphatic rings. The van der Waals surface area contributed by atoms with Crippen LogP contribution in [0.4, 0.5) is 0 Å². The number of carbonyl (C=O) groups is 1. The minimum atomic E-state index is -1.60. The van der Waals surface area contributed by atoms with Crippen molar-refractivity contribution >= 4 is 17.4 Å². The number of rotatable bonds is 2. The fraction of sp³-hybridized carbons (Fsp3) is 0.400. The van der Waals surface area contributed by atoms with Gasteiger partial charge in [-0.05, 0) is 6.07 Å². The molecule has 1 N–H and O–H groups in total. The summed E-state index contributed by atoms with van der Waals surface area (Å²) >= 11 is 6.40. The first-order valence-corrected chi connectivity index (χ1v) is 9.24. The summed E-state index contributed by atoms with van der Waals surface area (Å²) in [6.45, 7) is 3.47. The van der Waals surface area contributed by atoms with Crippen LogP contribution in [-0.2, 0) is 6.42 Å². The van der Waals surface area contributed by atoms with E-state index in [0.717, 1.165) is 4.73 Å². The lowest BCUT2D eigenvalue weighted by Crippen LogP contribution is -2.57. The van der Waals surface area contributed by atoms with Gasteiger partial charge in [0.05, 0.1) is 19.8 Å². The van der Waals surface area contributed by atoms with E-state index in [1.54, 1.807) is 26.0 Å². The zero-order chi connectivity index (χ0) is 20.4. The van der Waals surface area contributed by atoms with Crippen molar-refractivity contribution in [2.24, 2.45) is 5.92 Å². The van der Waals surface area contributed by atoms with Crippen LogP contribution in [0.1, 0.15) is 40.3 Å². The second kappa shape index (κ2) is 6.25. The number of hydrogen-bond donors (Lipinski definition) is 1. The molecule has 0 saturated carbocycles. The molecule has 0 saturated heterocycles. The minimum absolute atomic E-state index is 0.124. The van der Waals surface area contributed by atoms with Crippen LogP contribution in [0.15, 0.2) is 18.2 Å². The van der Waals surface area contributed by atoms with Crippen LogP contribution < -0.4 is 18.9 Å². The number of halogens is 1. The molecular weight excluding hydrogens is 386 g/mol. The molecule has 148 valence electrons. The number of aliphatic hydroxyl groups excluding tert-OH is 1. The lowest BCUT2D eigenvalue weighted by atomic mass is 9.70. The molecule has 0 radical (unpaired) electrons. The fourth-order valence-electron chi connectivity index (χ4n) is 4.22. The summed E-state index contributed by atoms with van der Waals surface area (Å²) in [4.78, 5) is 13.5. The van der Waals surface area contributed by atoms with Gasteiger partial charge in [-0.1, -0.05) is 18.5 Å². The van der Waals surface area contributed by atoms with E-state index in [9.17, 15) is 15.1 Å². The van der Waals surface area contributed by atoms with Crippen LogP contribution in [0.2, 0.25) is 5.02 Å². The fourth-order valence-corrected chi connectivity index (χ4v) is 4.48. The third kappa shape index (κ3) is 2.20. The van der Waals surface area contributed by atoms with Crippen LogP contribution in [0.25, 0.3) is 0 Å². The quantitative estimate of drug-likeness (QED) is 0.609. The summed E-state index contributed by atoms with van der Waals surface area (Å²) in [6.07, 6.45) is -1.06. The summed E-state index contributed by atoms with van der Waals surface area (Å²) in [6, 6.07) is 4.79. The molecule has 2 aromatic rings. The van der Waals surface area contributed by atoms with E-state index < -0.39 is 23.4 Å². The lowest BCUT2D eigenvalue weighted by molar-refractivity contribution is -0.622. The maximum atomic E-state index is 13.5. The summed E-state index contributed by atoms with van der Waals surface area (Å²) < 4.78 is 17.5. The van der Waals surface area contributed by atoms with Crippen molar-refractivity contribution in [2.75, 3.05) is 14.2 Å². The highest BCUT2D eigenvalue weighted by atomic mass is 35.5. The van der Waals surface area contributed by atoms with Gasteiger partial charge in [0.15, 0.2) is 17.1 Å². The number of pyridine rings is 1. The zero-order valence-corrected chi connectivity index (χ0v) is 16.7. The van der Waals surface area contributed by atoms with E-state index in [1.165, 1.54) is 20.3 Å². The Hall–Kier alpha value is -2.51. The zero-order valence-electron chi connectivity index (χ0n) is 15.9. The molecule has 28 heavy (non-hydrogen) atoms. The number of nitrogens with zero attached hydrogens (tertiary/aromatic N) is 1. The highest BCUT2D eigenvalue weighted by molar-refractivity contribution is 6.35. The van der Waals surface area contributed by atoms with Gasteiger partial charge in [0.1, 0.15) is 28.2 Å². The Morgan fingerprint density at radius 2 is 2.00 bits per heavy atom. The summed E-state index contributed by atoms with van der Waals surface area (Å²) in [7, 11) is 2.88. The smallest absolute Gasteiger partial charge is 0.217 e. The van der Waals surface area contributed by atoms with E-state index in [0.29, 0.717) is 22.7 Å². The van der Waals surface area contributed by atoms with Crippen LogP contribution in [-0.4, -0.2) is 30.7 Å². The summed E-state index contributed by atoms with van der Waals surface area (Å²) in [5.74, 6) is -0.227. The van der Waals surface area contributed by atoms with E-state index in [2.05, 4.69) is 0 Å². The Kier molecular flexibility index (Phi) is 4.21. The van der Waals surface area contributed by atoms with Gasteiger partial charge >= 0.3 is 0 Å². The molecule has 1 aliphatic carbocycles. The highest BCUT2D eigenvalue weighted by Gasteiger charge is 2.62. The molecule has 0 fully saturated rings. The number of benzene rings is 1. The molecule has 2 heterocycles. The second-order valence-electron chi connectivity index (χ2n) is 7.20. The average Bonchev–Trinajstić information content (AvgIpc) is 2.99. The van der Waals surface area contributed by atoms with Gasteiger partial charge in [-0.3, -0.25) is 4.79 Å². The number of aliphatic hydroxyl groups is 1. The van der Waals surface area contributed by atoms with Crippen molar-refractivity contribution in [1.29, 1.82) is 0 Å². The topological polar surface area (TPSA) is 91.9 Å². The van der Waals surface area contributed by atoms with Crippen molar-refractivity contribution in [3.8, 4) is 17.2 Å². The summed E-state index contributed by atoms with van der Waals surface area (Å²) in [5, 5.41) is 23.8. The van der Waals surface area contributed by atoms with Gasteiger partial charge in [0.2, 0.25) is 11.4 Å². The number of carbonyl (C=O) groups excluding carboxylic acids is 1. The monoisotopic (exact) mass is 405 g/mol. The highest BCUT2D eigenvalue weighted by Crippen LogP contribution is 2.56. The predicted octanol–water partition coefficient (Wildman–Crippen LogP) is 2.54. The first-order valence-electron chi connectivity index (χ1n) is 8.86. The van der Waals surface area contributed by atoms with Gasteiger partial charge in [-0.25, -0.2) is 0 Å². The van der Waals surface area contributed by atoms with Gasteiger partial charge in [-0.2, -0.15) is 4.73 Å². The first kappa shape index (κ1) is 18.8. The third-order valence-corrected chi connectivity index (χ3v) is 6.14. The van der Waals surface area contributed by atoms with Crippen LogP contribution >= 0.6 is 11.6 Å². The SMILES string of the molecule is COc1cc(OC)c2c(c1Cl)O[C@]1(C2=O)C(O)c2ccc(C)[n+]([O-])c2C[C@H]1C. The molecule has 1 unspecified atom stereocenters. The molecule has 1 spiro atoms. The van der Waals surface area contributed by atoms with Gasteiger partial charge in [-0.15, -0.1) is 0 Å². The van der Waals surface area contributed by atoms with Gasteiger partial charge in [0.25, 0.3) is 0 Å². The normalized spacial score (nSPS) is 25.3. The number of methoxy groups -OCH3 is 2. The van der Waals surface area contributed by atoms with Crippen molar-refractivity contribution in [3.63, 3.8) is 0 Å². The average molecular weight is 406 g/mol. The largest absolute Gasteiger partial charge is 0.618 e. The number of ketones is 1. The molecule has 0 bridgehead atoms. The third-order valence-electron chi connectivity index (χ3n) is 5.78. The first-order chi connectivity index (χ1) is 13.3. The molecular formula is C20H20ClNO6. The summed E-state index contributed by atoms with van der Waals surface area (Å²) in [5.41, 5.74) is -0.0910. The van der Waals surface area contributed by atoms with Gasteiger partial charge in [0, 0.05) is 31.4 Å². The second-order valence-corrected chi connectivity index (χ2v) is 7.58. The number of aryl methyl sites for hydroxylation is 1. The standard InChI is InChI=1S/C20H20ClNO6/c1-9-7-12-11(6-5-10(2)22(12)25)18(23)20(9)19(24)15-13(26-3)8-14(27-4)16(21)17(15)28-20/h5-6,8-9,18,23H,7H2,1-4H3/t9-,18?,20+/m1/s1. The van der Waals surface area contributed by atoms with Crippen LogP contribution in [0.5, 0.6) is 17.2 Å². The van der Waals surface area contributed by atoms with Crippen molar-refractivity contribution < 1.29 is 28.8 Å². The Balaban J connectivity index is 1.92. The number of ether oxygens (including phenoxy) is 3. The maximum Gasteiger partial charge on any atom is 0.217 e. The molecule has 7 nitrogen and oxygen atoms in total. The number of aromatic nitrogens is 1. The maximum absolute atomic E-state index is 13.5. The molecule has 4 rings (SSSR count). The predicted molar refractivity (Wildman–Crippen MR) is 100 cm³/mol. The minimum Gasteiger partial charge on any atom is -0.618 e. The number of fused-ring (bicyclic) bond motifs is 2. The molecule has 1 aromatic heterocycles. The van der Waals surface area contributed by atoms with Crippen molar-refractivity contribution in [2.45, 2.75) is 32.0 Å². The molecule has 3 atom stereocenters.